The smallest absolute Gasteiger partial charge is 0.268 e. The minimum atomic E-state index is -0.433. The van der Waals surface area contributed by atoms with Gasteiger partial charge in [0.05, 0.1) is 4.53 Å². The van der Waals surface area contributed by atoms with Crippen LogP contribution in [0.4, 0.5) is 0 Å². The molecular formula is C15H17NO2S2. The Balaban J connectivity index is 2.57. The number of rotatable bonds is 2. The van der Waals surface area contributed by atoms with Crippen LogP contribution in [0.2, 0.25) is 0 Å². The van der Waals surface area contributed by atoms with Crippen LogP contribution in [0.15, 0.2) is 22.3 Å². The van der Waals surface area contributed by atoms with E-state index in [1.165, 1.54) is 15.9 Å². The van der Waals surface area contributed by atoms with Crippen LogP contribution in [-0.4, -0.2) is 10.4 Å². The molecular weight excluding hydrogens is 290 g/mol. The second kappa shape index (κ2) is 5.50. The van der Waals surface area contributed by atoms with Gasteiger partial charge < -0.3 is 4.57 Å². The number of carbonyl (C=O) groups is 1. The average molecular weight is 307 g/mol. The molecule has 20 heavy (non-hydrogen) atoms. The number of Topliss-reactive ketones (excluding diaryl/α,β-unsaturated/α-hetero) is 1. The Morgan fingerprint density at radius 3 is 2.60 bits per heavy atom. The SMILES string of the molecule is Cn1c(=O)/c(=C/c2cccs2)s/c1=C\C(=O)C(C)(C)C. The second-order valence-electron chi connectivity index (χ2n) is 5.59. The molecule has 0 aliphatic heterocycles. The predicted octanol–water partition coefficient (Wildman–Crippen LogP) is 1.73. The van der Waals surface area contributed by atoms with Crippen LogP contribution in [-0.2, 0) is 11.8 Å². The Labute approximate surface area is 125 Å². The maximum atomic E-state index is 12.2. The van der Waals surface area contributed by atoms with E-state index in [1.54, 1.807) is 24.5 Å². The van der Waals surface area contributed by atoms with Gasteiger partial charge in [0, 0.05) is 23.4 Å². The molecule has 0 aliphatic carbocycles. The Morgan fingerprint density at radius 2 is 2.05 bits per heavy atom. The van der Waals surface area contributed by atoms with Crippen molar-refractivity contribution in [2.45, 2.75) is 20.8 Å². The lowest BCUT2D eigenvalue weighted by atomic mass is 9.91. The number of thiophene rings is 1. The van der Waals surface area contributed by atoms with Gasteiger partial charge in [-0.2, -0.15) is 0 Å². The molecule has 0 spiro atoms. The zero-order chi connectivity index (χ0) is 14.9. The van der Waals surface area contributed by atoms with E-state index in [4.69, 9.17) is 0 Å². The summed E-state index contributed by atoms with van der Waals surface area (Å²) in [4.78, 5) is 25.3. The molecule has 0 aliphatic rings. The molecule has 0 bridgehead atoms. The van der Waals surface area contributed by atoms with Crippen molar-refractivity contribution in [3.05, 3.63) is 41.9 Å². The molecule has 2 rings (SSSR count). The van der Waals surface area contributed by atoms with Crippen molar-refractivity contribution < 1.29 is 4.79 Å². The van der Waals surface area contributed by atoms with Gasteiger partial charge in [0.2, 0.25) is 0 Å². The highest BCUT2D eigenvalue weighted by molar-refractivity contribution is 7.11. The lowest BCUT2D eigenvalue weighted by molar-refractivity contribution is -0.120. The highest BCUT2D eigenvalue weighted by Crippen LogP contribution is 2.14. The van der Waals surface area contributed by atoms with Gasteiger partial charge in [0.1, 0.15) is 4.66 Å². The van der Waals surface area contributed by atoms with Crippen molar-refractivity contribution in [2.75, 3.05) is 0 Å². The topological polar surface area (TPSA) is 39.1 Å². The third-order valence-electron chi connectivity index (χ3n) is 2.87. The largest absolute Gasteiger partial charge is 0.302 e. The summed E-state index contributed by atoms with van der Waals surface area (Å²) in [6.45, 7) is 5.61. The van der Waals surface area contributed by atoms with Crippen molar-refractivity contribution >= 4 is 40.6 Å². The molecule has 2 aromatic heterocycles. The first-order valence-corrected chi connectivity index (χ1v) is 7.96. The highest BCUT2D eigenvalue weighted by atomic mass is 32.1. The summed E-state index contributed by atoms with van der Waals surface area (Å²) in [6.07, 6.45) is 3.44. The van der Waals surface area contributed by atoms with E-state index in [0.717, 1.165) is 4.88 Å². The number of hydrogen-bond acceptors (Lipinski definition) is 4. The molecule has 3 nitrogen and oxygen atoms in total. The van der Waals surface area contributed by atoms with E-state index in [-0.39, 0.29) is 11.3 Å². The van der Waals surface area contributed by atoms with Crippen LogP contribution < -0.4 is 14.8 Å². The van der Waals surface area contributed by atoms with Crippen LogP contribution in [0.3, 0.4) is 0 Å². The van der Waals surface area contributed by atoms with Crippen LogP contribution in [0.1, 0.15) is 25.6 Å². The summed E-state index contributed by atoms with van der Waals surface area (Å²) >= 11 is 2.94. The summed E-state index contributed by atoms with van der Waals surface area (Å²) in [6, 6.07) is 3.91. The molecule has 0 saturated carbocycles. The Bertz CT molecular complexity index is 787. The number of ketones is 1. The van der Waals surface area contributed by atoms with Crippen molar-refractivity contribution in [3.8, 4) is 0 Å². The van der Waals surface area contributed by atoms with Crippen LogP contribution in [0.5, 0.6) is 0 Å². The molecule has 0 radical (unpaired) electrons. The van der Waals surface area contributed by atoms with E-state index in [1.807, 2.05) is 44.4 Å². The average Bonchev–Trinajstić information content (AvgIpc) is 2.94. The lowest BCUT2D eigenvalue weighted by Crippen LogP contribution is -2.29. The van der Waals surface area contributed by atoms with Gasteiger partial charge in [-0.05, 0) is 17.5 Å². The third-order valence-corrected chi connectivity index (χ3v) is 4.80. The number of hydrogen-bond donors (Lipinski definition) is 0. The number of carbonyl (C=O) groups excluding carboxylic acids is 1. The van der Waals surface area contributed by atoms with Gasteiger partial charge in [0.25, 0.3) is 5.56 Å². The van der Waals surface area contributed by atoms with Crippen LogP contribution >= 0.6 is 22.7 Å². The van der Waals surface area contributed by atoms with E-state index in [9.17, 15) is 9.59 Å². The van der Waals surface area contributed by atoms with E-state index in [0.29, 0.717) is 9.20 Å². The van der Waals surface area contributed by atoms with Gasteiger partial charge in [-0.1, -0.05) is 26.8 Å². The fourth-order valence-electron chi connectivity index (χ4n) is 1.54. The monoisotopic (exact) mass is 307 g/mol. The van der Waals surface area contributed by atoms with Crippen molar-refractivity contribution in [1.82, 2.24) is 4.57 Å². The minimum absolute atomic E-state index is 0.0250. The first-order chi connectivity index (χ1) is 9.29. The first kappa shape index (κ1) is 14.9. The third kappa shape index (κ3) is 3.16. The summed E-state index contributed by atoms with van der Waals surface area (Å²) < 4.78 is 2.88. The van der Waals surface area contributed by atoms with Crippen molar-refractivity contribution in [2.24, 2.45) is 12.5 Å². The molecule has 0 atom stereocenters. The molecule has 0 saturated heterocycles. The van der Waals surface area contributed by atoms with Gasteiger partial charge in [-0.25, -0.2) is 0 Å². The molecule has 2 aromatic rings. The summed E-state index contributed by atoms with van der Waals surface area (Å²) in [5, 5.41) is 1.97. The minimum Gasteiger partial charge on any atom is -0.302 e. The molecule has 0 N–H and O–H groups in total. The maximum Gasteiger partial charge on any atom is 0.268 e. The Hall–Kier alpha value is -1.46. The van der Waals surface area contributed by atoms with Gasteiger partial charge in [0.15, 0.2) is 5.78 Å². The molecule has 0 aromatic carbocycles. The van der Waals surface area contributed by atoms with Crippen LogP contribution in [0, 0.1) is 5.41 Å². The fourth-order valence-corrected chi connectivity index (χ4v) is 3.29. The first-order valence-electron chi connectivity index (χ1n) is 6.26. The summed E-state index contributed by atoms with van der Waals surface area (Å²) in [5.41, 5.74) is -0.492. The number of nitrogens with zero attached hydrogens (tertiary/aromatic N) is 1. The number of thiazole rings is 1. The Morgan fingerprint density at radius 1 is 1.35 bits per heavy atom. The zero-order valence-electron chi connectivity index (χ0n) is 12.0. The molecule has 5 heteroatoms. The number of aromatic nitrogens is 1. The molecule has 0 fully saturated rings. The zero-order valence-corrected chi connectivity index (χ0v) is 13.6. The normalized spacial score (nSPS) is 14.0. The van der Waals surface area contributed by atoms with Crippen molar-refractivity contribution in [1.29, 1.82) is 0 Å². The van der Waals surface area contributed by atoms with Gasteiger partial charge in [-0.15, -0.1) is 22.7 Å². The molecule has 0 amide bonds. The maximum absolute atomic E-state index is 12.2. The van der Waals surface area contributed by atoms with E-state index >= 15 is 0 Å². The molecule has 0 unspecified atom stereocenters. The fraction of sp³-hybridized carbons (Fsp3) is 0.333. The quantitative estimate of drug-likeness (QED) is 0.847. The standard InChI is InChI=1S/C15H17NO2S2/c1-15(2,3)12(17)9-13-16(4)14(18)11(20-13)8-10-6-5-7-19-10/h5-9H,1-4H3/b11-8-,13-9-. The van der Waals surface area contributed by atoms with Crippen LogP contribution in [0.25, 0.3) is 12.2 Å². The predicted molar refractivity (Wildman–Crippen MR) is 85.6 cm³/mol. The van der Waals surface area contributed by atoms with Crippen molar-refractivity contribution in [3.63, 3.8) is 0 Å². The molecule has 106 valence electrons. The highest BCUT2D eigenvalue weighted by Gasteiger charge is 2.19. The van der Waals surface area contributed by atoms with Gasteiger partial charge in [-0.3, -0.25) is 9.59 Å². The second-order valence-corrected chi connectivity index (χ2v) is 7.63. The van der Waals surface area contributed by atoms with Gasteiger partial charge >= 0.3 is 0 Å². The lowest BCUT2D eigenvalue weighted by Gasteiger charge is -2.12. The van der Waals surface area contributed by atoms with E-state index < -0.39 is 5.41 Å². The van der Waals surface area contributed by atoms with E-state index in [2.05, 4.69) is 0 Å². The Kier molecular flexibility index (Phi) is 4.11. The molecule has 2 heterocycles. The summed E-state index contributed by atoms with van der Waals surface area (Å²) in [5.74, 6) is 0.0250. The summed E-state index contributed by atoms with van der Waals surface area (Å²) in [7, 11) is 1.70.